The number of hydrogen-bond donors (Lipinski definition) is 1. The van der Waals surface area contributed by atoms with Gasteiger partial charge < -0.3 is 5.32 Å². The number of carbonyl (C=O) groups is 1. The van der Waals surface area contributed by atoms with Crippen molar-refractivity contribution in [2.24, 2.45) is 5.92 Å². The fourth-order valence-electron chi connectivity index (χ4n) is 2.26. The first-order chi connectivity index (χ1) is 9.38. The first kappa shape index (κ1) is 15.2. The second kappa shape index (κ2) is 6.08. The zero-order valence-electron chi connectivity index (χ0n) is 12.8. The van der Waals surface area contributed by atoms with E-state index in [-0.39, 0.29) is 23.3 Å². The van der Waals surface area contributed by atoms with Crippen LogP contribution in [0.1, 0.15) is 63.7 Å². The summed E-state index contributed by atoms with van der Waals surface area (Å²) in [7, 11) is 0. The van der Waals surface area contributed by atoms with Crippen LogP contribution in [0.4, 0.5) is 0 Å². The quantitative estimate of drug-likeness (QED) is 0.856. The van der Waals surface area contributed by atoms with Gasteiger partial charge in [-0.2, -0.15) is 0 Å². The van der Waals surface area contributed by atoms with Gasteiger partial charge in [-0.1, -0.05) is 32.9 Å². The van der Waals surface area contributed by atoms with E-state index in [2.05, 4.69) is 48.6 Å². The molecule has 1 aliphatic carbocycles. The molecule has 1 heterocycles. The van der Waals surface area contributed by atoms with E-state index in [9.17, 15) is 4.79 Å². The molecule has 1 amide bonds. The van der Waals surface area contributed by atoms with Crippen LogP contribution in [0.2, 0.25) is 0 Å². The molecule has 110 valence electrons. The van der Waals surface area contributed by atoms with E-state index < -0.39 is 0 Å². The molecule has 0 fully saturated rings. The monoisotopic (exact) mass is 292 g/mol. The molecule has 20 heavy (non-hydrogen) atoms. The fourth-order valence-corrected chi connectivity index (χ4v) is 3.31. The molecule has 1 N–H and O–H groups in total. The van der Waals surface area contributed by atoms with Gasteiger partial charge in [0.1, 0.15) is 5.01 Å². The molecule has 3 nitrogen and oxygen atoms in total. The van der Waals surface area contributed by atoms with E-state index in [0.29, 0.717) is 0 Å². The Morgan fingerprint density at radius 2 is 2.20 bits per heavy atom. The normalized spacial score (nSPS) is 20.7. The number of nitrogens with one attached hydrogen (secondary N) is 1. The lowest BCUT2D eigenvalue weighted by atomic mass is 9.93. The van der Waals surface area contributed by atoms with E-state index in [1.165, 1.54) is 0 Å². The van der Waals surface area contributed by atoms with Crippen LogP contribution in [0.15, 0.2) is 17.5 Å². The Hall–Kier alpha value is -1.16. The topological polar surface area (TPSA) is 42.0 Å². The predicted octanol–water partition coefficient (Wildman–Crippen LogP) is 3.97. The lowest BCUT2D eigenvalue weighted by Gasteiger charge is -2.20. The van der Waals surface area contributed by atoms with Crippen molar-refractivity contribution in [3.05, 3.63) is 28.2 Å². The van der Waals surface area contributed by atoms with Crippen molar-refractivity contribution in [3.63, 3.8) is 0 Å². The molecule has 0 aromatic carbocycles. The number of amides is 1. The third-order valence-corrected chi connectivity index (χ3v) is 4.69. The van der Waals surface area contributed by atoms with E-state index in [0.717, 1.165) is 30.0 Å². The fraction of sp³-hybridized carbons (Fsp3) is 0.625. The third kappa shape index (κ3) is 3.69. The summed E-state index contributed by atoms with van der Waals surface area (Å²) >= 11 is 1.63. The van der Waals surface area contributed by atoms with Crippen molar-refractivity contribution >= 4 is 17.2 Å². The Labute approximate surface area is 125 Å². The van der Waals surface area contributed by atoms with Crippen molar-refractivity contribution in [2.75, 3.05) is 0 Å². The molecule has 0 aliphatic heterocycles. The first-order valence-electron chi connectivity index (χ1n) is 7.29. The average Bonchev–Trinajstić information content (AvgIpc) is 2.89. The highest BCUT2D eigenvalue weighted by Gasteiger charge is 2.23. The molecule has 0 saturated carbocycles. The molecule has 0 radical (unpaired) electrons. The maximum Gasteiger partial charge on any atom is 0.223 e. The lowest BCUT2D eigenvalue weighted by Crippen LogP contribution is -2.33. The summed E-state index contributed by atoms with van der Waals surface area (Å²) in [5.74, 6) is 0.291. The molecule has 1 aromatic rings. The minimum atomic E-state index is -0.00509. The van der Waals surface area contributed by atoms with Gasteiger partial charge in [-0.15, -0.1) is 11.3 Å². The standard InChI is InChI=1S/C16H24N2OS/c1-11(15-18-13(10-20-15)16(2,3)4)17-14(19)12-8-6-5-7-9-12/h5-6,10-12H,7-9H2,1-4H3,(H,17,19)/t11-,12+/m0/s1. The number of aromatic nitrogens is 1. The summed E-state index contributed by atoms with van der Waals surface area (Å²) in [5.41, 5.74) is 1.16. The van der Waals surface area contributed by atoms with Gasteiger partial charge in [0.05, 0.1) is 11.7 Å². The van der Waals surface area contributed by atoms with Crippen molar-refractivity contribution < 1.29 is 4.79 Å². The summed E-state index contributed by atoms with van der Waals surface area (Å²) < 4.78 is 0. The minimum absolute atomic E-state index is 0.00509. The van der Waals surface area contributed by atoms with Crippen molar-refractivity contribution in [1.29, 1.82) is 0 Å². The van der Waals surface area contributed by atoms with Crippen LogP contribution < -0.4 is 5.32 Å². The maximum atomic E-state index is 12.2. The highest BCUT2D eigenvalue weighted by Crippen LogP contribution is 2.27. The molecule has 2 atom stereocenters. The predicted molar refractivity (Wildman–Crippen MR) is 83.9 cm³/mol. The van der Waals surface area contributed by atoms with Crippen molar-refractivity contribution in [1.82, 2.24) is 10.3 Å². The molecule has 1 aliphatic rings. The second-order valence-electron chi connectivity index (χ2n) is 6.53. The Morgan fingerprint density at radius 1 is 1.45 bits per heavy atom. The minimum Gasteiger partial charge on any atom is -0.347 e. The first-order valence-corrected chi connectivity index (χ1v) is 8.17. The molecule has 0 bridgehead atoms. The molecule has 1 aromatic heterocycles. The van der Waals surface area contributed by atoms with Gasteiger partial charge in [-0.25, -0.2) is 4.98 Å². The van der Waals surface area contributed by atoms with Gasteiger partial charge in [0.15, 0.2) is 0 Å². The number of hydrogen-bond acceptors (Lipinski definition) is 3. The zero-order valence-corrected chi connectivity index (χ0v) is 13.6. The molecule has 0 unspecified atom stereocenters. The van der Waals surface area contributed by atoms with E-state index in [1.807, 2.05) is 6.92 Å². The largest absolute Gasteiger partial charge is 0.347 e. The van der Waals surface area contributed by atoms with E-state index >= 15 is 0 Å². The average molecular weight is 292 g/mol. The Kier molecular flexibility index (Phi) is 4.63. The molecule has 2 rings (SSSR count). The van der Waals surface area contributed by atoms with Crippen LogP contribution in [0, 0.1) is 5.92 Å². The van der Waals surface area contributed by atoms with Gasteiger partial charge in [-0.05, 0) is 26.2 Å². The van der Waals surface area contributed by atoms with Crippen LogP contribution in [-0.2, 0) is 10.2 Å². The van der Waals surface area contributed by atoms with Gasteiger partial charge >= 0.3 is 0 Å². The molecular weight excluding hydrogens is 268 g/mol. The highest BCUT2D eigenvalue weighted by atomic mass is 32.1. The summed E-state index contributed by atoms with van der Waals surface area (Å²) in [5, 5.41) is 6.20. The summed E-state index contributed by atoms with van der Waals surface area (Å²) in [6.07, 6.45) is 7.10. The summed E-state index contributed by atoms with van der Waals surface area (Å²) in [4.78, 5) is 16.9. The lowest BCUT2D eigenvalue weighted by molar-refractivity contribution is -0.125. The summed E-state index contributed by atoms with van der Waals surface area (Å²) in [6, 6.07) is -0.00509. The Bertz CT molecular complexity index is 499. The molecule has 4 heteroatoms. The smallest absolute Gasteiger partial charge is 0.223 e. The summed E-state index contributed by atoms with van der Waals surface area (Å²) in [6.45, 7) is 8.48. The molecule has 0 saturated heterocycles. The van der Waals surface area contributed by atoms with Crippen LogP contribution in [0.3, 0.4) is 0 Å². The van der Waals surface area contributed by atoms with Crippen LogP contribution in [0.25, 0.3) is 0 Å². The van der Waals surface area contributed by atoms with Crippen LogP contribution in [0.5, 0.6) is 0 Å². The van der Waals surface area contributed by atoms with Crippen molar-refractivity contribution in [3.8, 4) is 0 Å². The number of carbonyl (C=O) groups excluding carboxylic acids is 1. The Balaban J connectivity index is 1.97. The zero-order chi connectivity index (χ0) is 14.8. The number of rotatable bonds is 3. The SMILES string of the molecule is C[C@H](NC(=O)[C@@H]1CC=CCC1)c1nc(C(C)(C)C)cs1. The van der Waals surface area contributed by atoms with Gasteiger partial charge in [0.25, 0.3) is 0 Å². The van der Waals surface area contributed by atoms with Gasteiger partial charge in [-0.3, -0.25) is 4.79 Å². The Morgan fingerprint density at radius 3 is 2.75 bits per heavy atom. The van der Waals surface area contributed by atoms with E-state index in [1.54, 1.807) is 11.3 Å². The number of nitrogens with zero attached hydrogens (tertiary/aromatic N) is 1. The van der Waals surface area contributed by atoms with Gasteiger partial charge in [0.2, 0.25) is 5.91 Å². The van der Waals surface area contributed by atoms with Crippen LogP contribution in [-0.4, -0.2) is 10.9 Å². The second-order valence-corrected chi connectivity index (χ2v) is 7.42. The number of thiazole rings is 1. The third-order valence-electron chi connectivity index (χ3n) is 3.66. The van der Waals surface area contributed by atoms with Crippen LogP contribution >= 0.6 is 11.3 Å². The highest BCUT2D eigenvalue weighted by molar-refractivity contribution is 7.09. The van der Waals surface area contributed by atoms with Crippen molar-refractivity contribution in [2.45, 2.75) is 58.4 Å². The molecule has 0 spiro atoms. The number of allylic oxidation sites excluding steroid dienone is 2. The van der Waals surface area contributed by atoms with Gasteiger partial charge in [0, 0.05) is 16.7 Å². The van der Waals surface area contributed by atoms with E-state index in [4.69, 9.17) is 0 Å². The maximum absolute atomic E-state index is 12.2. The molecular formula is C16H24N2OS.